The van der Waals surface area contributed by atoms with Gasteiger partial charge in [-0.15, -0.1) is 0 Å². The molecule has 4 aliphatic heterocycles. The van der Waals surface area contributed by atoms with Gasteiger partial charge in [0.1, 0.15) is 14.6 Å². The minimum atomic E-state index is -1.29. The van der Waals surface area contributed by atoms with E-state index < -0.39 is 22.5 Å². The molecule has 80 valence electrons. The zero-order valence-corrected chi connectivity index (χ0v) is 17.6. The molecule has 14 heavy (non-hydrogen) atoms. The van der Waals surface area contributed by atoms with Gasteiger partial charge in [0, 0.05) is 0 Å². The molecule has 2 bridgehead atoms. The maximum atomic E-state index is 5.89. The van der Waals surface area contributed by atoms with Crippen molar-refractivity contribution in [2.45, 2.75) is 0 Å². The highest BCUT2D eigenvalue weighted by Gasteiger charge is 2.88. The Morgan fingerprint density at radius 1 is 0.714 bits per heavy atom. The molecule has 0 aliphatic carbocycles. The summed E-state index contributed by atoms with van der Waals surface area (Å²) in [6.45, 7) is 0. The zero-order valence-electron chi connectivity index (χ0n) is 5.87. The summed E-state index contributed by atoms with van der Waals surface area (Å²) in [6, 6.07) is 0. The average molecular weight is 445 g/mol. The van der Waals surface area contributed by atoms with E-state index in [4.69, 9.17) is 47.2 Å². The Kier molecular flexibility index (Phi) is 2.78. The van der Waals surface area contributed by atoms with Gasteiger partial charge in [0.2, 0.25) is 0 Å². The summed E-state index contributed by atoms with van der Waals surface area (Å²) in [5, 5.41) is 0. The summed E-state index contributed by atoms with van der Waals surface area (Å²) in [7, 11) is 1.40. The van der Waals surface area contributed by atoms with Gasteiger partial charge >= 0.3 is 0 Å². The Morgan fingerprint density at radius 2 is 1.14 bits per heavy atom. The highest BCUT2D eigenvalue weighted by Crippen LogP contribution is 3.58. The molecule has 2 atom stereocenters. The first-order valence-corrected chi connectivity index (χ1v) is 27.8. The van der Waals surface area contributed by atoms with Crippen LogP contribution >= 0.6 is 76.9 Å². The molecule has 4 saturated heterocycles. The molecule has 2 unspecified atom stereocenters. The van der Waals surface area contributed by atoms with Gasteiger partial charge in [-0.3, -0.25) is 0 Å². The van der Waals surface area contributed by atoms with Gasteiger partial charge in [0.15, 0.2) is 0 Å². The number of hydrogen-bond donors (Lipinski definition) is 0. The van der Waals surface area contributed by atoms with Crippen LogP contribution in [-0.4, -0.2) is 0 Å². The summed E-state index contributed by atoms with van der Waals surface area (Å²) < 4.78 is -4.92. The molecule has 0 nitrogen and oxygen atoms in total. The van der Waals surface area contributed by atoms with E-state index in [1.807, 2.05) is 44.0 Å². The van der Waals surface area contributed by atoms with Crippen molar-refractivity contribution in [1.82, 2.24) is 0 Å². The van der Waals surface area contributed by atoms with Crippen LogP contribution in [0.5, 0.6) is 0 Å². The van der Waals surface area contributed by atoms with E-state index in [1.54, 1.807) is 0 Å². The molecule has 1 spiro atoms. The fourth-order valence-electron chi connectivity index (χ4n) is 1.40. The van der Waals surface area contributed by atoms with Crippen LogP contribution in [-0.2, 0) is 47.2 Å². The van der Waals surface area contributed by atoms with Crippen molar-refractivity contribution in [3.63, 3.8) is 0 Å². The molecule has 4 aliphatic rings. The Labute approximate surface area is 122 Å². The summed E-state index contributed by atoms with van der Waals surface area (Å²) in [4.78, 5) is 0. The highest BCUT2D eigenvalue weighted by atomic mass is 34.5. The Balaban J connectivity index is 2.15. The van der Waals surface area contributed by atoms with E-state index in [9.17, 15) is 0 Å². The maximum absolute atomic E-state index is 5.89. The van der Waals surface area contributed by atoms with Gasteiger partial charge in [0.05, 0.1) is 0 Å². The van der Waals surface area contributed by atoms with E-state index >= 15 is 0 Å². The van der Waals surface area contributed by atoms with E-state index in [-0.39, 0.29) is 0 Å². The molecule has 0 N–H and O–H groups in total. The molecule has 0 aromatic carbocycles. The predicted octanol–water partition coefficient (Wildman–Crippen LogP) is 7.32. The lowest BCUT2D eigenvalue weighted by atomic mass is 28.8. The van der Waals surface area contributed by atoms with Crippen LogP contribution in [0.2, 0.25) is 0 Å². The van der Waals surface area contributed by atoms with Crippen molar-refractivity contribution in [2.24, 2.45) is 0 Å². The van der Waals surface area contributed by atoms with Gasteiger partial charge in [-0.1, -0.05) is 47.2 Å². The Bertz CT molecular complexity index is 525. The third kappa shape index (κ3) is 1.08. The fraction of sp³-hybridized carbons (Fsp3) is 0. The third-order valence-electron chi connectivity index (χ3n) is 1.87. The first-order chi connectivity index (χ1) is 6.29. The topological polar surface area (TPSA) is 0 Å². The second-order valence-corrected chi connectivity index (χ2v) is 71.8. The number of hydrogen-bond acceptors (Lipinski definition) is 9. The quantitative estimate of drug-likeness (QED) is 0.276. The third-order valence-corrected chi connectivity index (χ3v) is 151. The lowest BCUT2D eigenvalue weighted by Gasteiger charge is -2.68. The van der Waals surface area contributed by atoms with Gasteiger partial charge in [-0.05, 0) is 62.3 Å². The van der Waals surface area contributed by atoms with Gasteiger partial charge < -0.3 is 0 Å². The first-order valence-electron chi connectivity index (χ1n) is 3.09. The molecule has 0 amide bonds. The van der Waals surface area contributed by atoms with Crippen LogP contribution in [0.3, 0.4) is 0 Å². The van der Waals surface area contributed by atoms with Crippen molar-refractivity contribution in [1.29, 1.82) is 0 Å². The summed E-state index contributed by atoms with van der Waals surface area (Å²) in [5.74, 6) is 0. The standard InChI is InChI=1S/P4S10/c5-1-9-2(6)11-4(8)12-3(7,10-1)14(2,4)13-1. The summed E-state index contributed by atoms with van der Waals surface area (Å²) in [5.41, 5.74) is 0. The van der Waals surface area contributed by atoms with Crippen molar-refractivity contribution >= 4 is 124 Å². The lowest BCUT2D eigenvalue weighted by molar-refractivity contribution is 4.53. The van der Waals surface area contributed by atoms with Gasteiger partial charge in [0.25, 0.3) is 0 Å². The van der Waals surface area contributed by atoms with Crippen molar-refractivity contribution in [3.8, 4) is 0 Å². The van der Waals surface area contributed by atoms with Crippen LogP contribution in [0.1, 0.15) is 0 Å². The van der Waals surface area contributed by atoms with Crippen molar-refractivity contribution in [3.05, 3.63) is 0 Å². The molecule has 14 heteroatoms. The minimum Gasteiger partial charge on any atom is -0.0616 e. The molecular formula is P4S10. The van der Waals surface area contributed by atoms with Crippen molar-refractivity contribution in [2.75, 3.05) is 0 Å². The maximum Gasteiger partial charge on any atom is 0.131 e. The molecule has 4 heterocycles. The van der Waals surface area contributed by atoms with Crippen LogP contribution in [0.4, 0.5) is 0 Å². The summed E-state index contributed by atoms with van der Waals surface area (Å²) in [6.07, 6.45) is 0. The molecular weight excluding hydrogens is 445 g/mol. The fourth-order valence-corrected chi connectivity index (χ4v) is 330. The molecule has 0 saturated carbocycles. The number of rotatable bonds is 0. The molecule has 4 fully saturated rings. The SMILES string of the molecule is S=P12SP3(=S)SP4(=S)SP(=S)(S1)S34S2. The van der Waals surface area contributed by atoms with Gasteiger partial charge in [-0.25, -0.2) is 0 Å². The highest BCUT2D eigenvalue weighted by molar-refractivity contribution is 10.1. The monoisotopic (exact) mass is 444 g/mol. The largest absolute Gasteiger partial charge is 0.131 e. The Morgan fingerprint density at radius 3 is 1.43 bits per heavy atom. The van der Waals surface area contributed by atoms with E-state index in [0.717, 1.165) is 0 Å². The van der Waals surface area contributed by atoms with Crippen LogP contribution in [0.25, 0.3) is 0 Å². The minimum absolute atomic E-state index is 0.713. The Hall–Kier alpha value is 4.70. The molecule has 0 aromatic rings. The first kappa shape index (κ1) is 12.4. The number of fused-ring (bicyclic) bond motifs is 1. The van der Waals surface area contributed by atoms with Crippen LogP contribution in [0.15, 0.2) is 0 Å². The smallest absolute Gasteiger partial charge is 0.0616 e. The van der Waals surface area contributed by atoms with Crippen molar-refractivity contribution < 1.29 is 0 Å². The second kappa shape index (κ2) is 3.13. The second-order valence-electron chi connectivity index (χ2n) is 2.66. The molecule has 0 aromatic heterocycles. The van der Waals surface area contributed by atoms with Crippen LogP contribution in [0, 0.1) is 0 Å². The normalized spacial score (nSPS) is 82.3. The zero-order chi connectivity index (χ0) is 10.0. The molecule has 4 rings (SSSR count). The average Bonchev–Trinajstić information content (AvgIpc) is 2.27. The van der Waals surface area contributed by atoms with E-state index in [0.29, 0.717) is 0 Å². The van der Waals surface area contributed by atoms with Gasteiger partial charge in [-0.2, -0.15) is 0 Å². The summed E-state index contributed by atoms with van der Waals surface area (Å²) >= 11 is 31.5. The molecule has 0 radical (unpaired) electrons. The van der Waals surface area contributed by atoms with E-state index in [2.05, 4.69) is 10.4 Å². The van der Waals surface area contributed by atoms with E-state index in [1.165, 1.54) is 0 Å². The lowest BCUT2D eigenvalue weighted by Crippen LogP contribution is -2.00. The van der Waals surface area contributed by atoms with Crippen LogP contribution < -0.4 is 0 Å². The predicted molar refractivity (Wildman–Crippen MR) is 103 cm³/mol.